The van der Waals surface area contributed by atoms with Crippen molar-refractivity contribution in [1.29, 1.82) is 0 Å². The summed E-state index contributed by atoms with van der Waals surface area (Å²) in [6.45, 7) is 2.18. The Kier molecular flexibility index (Phi) is 6.25. The first-order valence-corrected chi connectivity index (χ1v) is 12.0. The number of carbonyl (C=O) groups excluding carboxylic acids is 2. The number of para-hydroxylation sites is 2. The Morgan fingerprint density at radius 3 is 2.31 bits per heavy atom. The van der Waals surface area contributed by atoms with Gasteiger partial charge < -0.3 is 14.8 Å². The van der Waals surface area contributed by atoms with Gasteiger partial charge in [0, 0.05) is 43.6 Å². The summed E-state index contributed by atoms with van der Waals surface area (Å²) in [5.41, 5.74) is 1.38. The third-order valence-corrected chi connectivity index (χ3v) is 7.12. The summed E-state index contributed by atoms with van der Waals surface area (Å²) in [4.78, 5) is 37.7. The summed E-state index contributed by atoms with van der Waals surface area (Å²) in [6.07, 6.45) is -1.44. The molecule has 2 fully saturated rings. The molecule has 0 aliphatic carbocycles. The second-order valence-electron chi connectivity index (χ2n) is 9.40. The Labute approximate surface area is 201 Å². The van der Waals surface area contributed by atoms with Gasteiger partial charge in [0.05, 0.1) is 16.6 Å². The van der Waals surface area contributed by atoms with Crippen molar-refractivity contribution in [1.82, 2.24) is 19.8 Å². The zero-order valence-electron chi connectivity index (χ0n) is 19.2. The molecular formula is C26H27F3N4O2. The average Bonchev–Trinajstić information content (AvgIpc) is 3.32. The van der Waals surface area contributed by atoms with E-state index in [2.05, 4.69) is 4.98 Å². The highest BCUT2D eigenvalue weighted by Crippen LogP contribution is 2.31. The van der Waals surface area contributed by atoms with Crippen molar-refractivity contribution in [3.05, 3.63) is 65.5 Å². The number of amides is 2. The predicted octanol–water partition coefficient (Wildman–Crippen LogP) is 4.84. The number of H-pyrrole nitrogens is 1. The number of benzene rings is 2. The van der Waals surface area contributed by atoms with Crippen LogP contribution in [0.5, 0.6) is 0 Å². The second-order valence-corrected chi connectivity index (χ2v) is 9.40. The number of nitrogens with one attached hydrogen (secondary N) is 1. The number of imidazole rings is 1. The Morgan fingerprint density at radius 1 is 0.914 bits per heavy atom. The highest BCUT2D eigenvalue weighted by molar-refractivity contribution is 5.94. The molecule has 5 rings (SSSR count). The molecule has 0 spiro atoms. The molecule has 1 aromatic heterocycles. The second kappa shape index (κ2) is 9.36. The minimum absolute atomic E-state index is 0.118. The first kappa shape index (κ1) is 23.4. The molecule has 1 N–H and O–H groups in total. The van der Waals surface area contributed by atoms with Crippen LogP contribution in [-0.4, -0.2) is 57.8 Å². The van der Waals surface area contributed by atoms with Gasteiger partial charge in [-0.3, -0.25) is 9.59 Å². The maximum absolute atomic E-state index is 13.3. The van der Waals surface area contributed by atoms with Gasteiger partial charge in [-0.2, -0.15) is 13.2 Å². The van der Waals surface area contributed by atoms with Crippen LogP contribution in [0.1, 0.15) is 53.3 Å². The molecule has 9 heteroatoms. The van der Waals surface area contributed by atoms with Gasteiger partial charge in [0.2, 0.25) is 5.91 Å². The molecule has 2 amide bonds. The SMILES string of the molecule is O=C(c1ccc(C(F)(F)F)cc1)N1CCC(C(=O)N2CCCC(c3nc4ccccc4[nH]3)C2)CC1. The van der Waals surface area contributed by atoms with Gasteiger partial charge in [-0.05, 0) is 62.1 Å². The van der Waals surface area contributed by atoms with Crippen molar-refractivity contribution in [2.24, 2.45) is 5.92 Å². The summed E-state index contributed by atoms with van der Waals surface area (Å²) < 4.78 is 38.3. The molecule has 1 unspecified atom stereocenters. The predicted molar refractivity (Wildman–Crippen MR) is 125 cm³/mol. The highest BCUT2D eigenvalue weighted by Gasteiger charge is 2.34. The van der Waals surface area contributed by atoms with E-state index < -0.39 is 11.7 Å². The lowest BCUT2D eigenvalue weighted by Gasteiger charge is -2.37. The van der Waals surface area contributed by atoms with Gasteiger partial charge in [-0.25, -0.2) is 4.98 Å². The van der Waals surface area contributed by atoms with Crippen molar-refractivity contribution >= 4 is 22.8 Å². The fourth-order valence-electron chi connectivity index (χ4n) is 5.14. The van der Waals surface area contributed by atoms with Gasteiger partial charge in [0.15, 0.2) is 0 Å². The highest BCUT2D eigenvalue weighted by atomic mass is 19.4. The van der Waals surface area contributed by atoms with Gasteiger partial charge in [0.1, 0.15) is 5.82 Å². The van der Waals surface area contributed by atoms with Crippen LogP contribution in [0.3, 0.4) is 0 Å². The number of aromatic amines is 1. The molecule has 0 bridgehead atoms. The van der Waals surface area contributed by atoms with Gasteiger partial charge in [-0.1, -0.05) is 12.1 Å². The number of hydrogen-bond acceptors (Lipinski definition) is 3. The smallest absolute Gasteiger partial charge is 0.342 e. The lowest BCUT2D eigenvalue weighted by atomic mass is 9.91. The first-order valence-electron chi connectivity index (χ1n) is 12.0. The Hall–Kier alpha value is -3.36. The van der Waals surface area contributed by atoms with Crippen molar-refractivity contribution in [2.45, 2.75) is 37.8 Å². The summed E-state index contributed by atoms with van der Waals surface area (Å²) in [6, 6.07) is 12.2. The van der Waals surface area contributed by atoms with E-state index >= 15 is 0 Å². The third-order valence-electron chi connectivity index (χ3n) is 7.12. The molecule has 2 aliphatic heterocycles. The molecule has 6 nitrogen and oxygen atoms in total. The number of likely N-dealkylation sites (tertiary alicyclic amines) is 2. The molecule has 1 atom stereocenters. The molecule has 0 radical (unpaired) electrons. The van der Waals surface area contributed by atoms with E-state index in [1.807, 2.05) is 29.2 Å². The van der Waals surface area contributed by atoms with Crippen LogP contribution in [0, 0.1) is 5.92 Å². The fourth-order valence-corrected chi connectivity index (χ4v) is 5.14. The largest absolute Gasteiger partial charge is 0.416 e. The van der Waals surface area contributed by atoms with Crippen LogP contribution < -0.4 is 0 Å². The third kappa shape index (κ3) is 4.90. The van der Waals surface area contributed by atoms with Crippen LogP contribution in [0.15, 0.2) is 48.5 Å². The number of alkyl halides is 3. The summed E-state index contributed by atoms with van der Waals surface area (Å²) >= 11 is 0. The van der Waals surface area contributed by atoms with Crippen molar-refractivity contribution in [3.63, 3.8) is 0 Å². The average molecular weight is 485 g/mol. The molecule has 184 valence electrons. The quantitative estimate of drug-likeness (QED) is 0.579. The fraction of sp³-hybridized carbons (Fsp3) is 0.423. The summed E-state index contributed by atoms with van der Waals surface area (Å²) in [7, 11) is 0. The monoisotopic (exact) mass is 484 g/mol. The number of nitrogens with zero attached hydrogens (tertiary/aromatic N) is 3. The Morgan fingerprint density at radius 2 is 1.63 bits per heavy atom. The minimum Gasteiger partial charge on any atom is -0.342 e. The van der Waals surface area contributed by atoms with Gasteiger partial charge >= 0.3 is 6.18 Å². The molecule has 3 heterocycles. The lowest BCUT2D eigenvalue weighted by Crippen LogP contribution is -2.47. The lowest BCUT2D eigenvalue weighted by molar-refractivity contribution is -0.138. The van der Waals surface area contributed by atoms with E-state index in [9.17, 15) is 22.8 Å². The standard InChI is InChI=1S/C26H27F3N4O2/c27-26(28,29)20-9-7-17(8-10-20)24(34)32-14-11-18(12-15-32)25(35)33-13-3-4-19(16-33)23-30-21-5-1-2-6-22(21)31-23/h1-2,5-10,18-19H,3-4,11-16H2,(H,30,31). The molecule has 2 aliphatic rings. The van der Waals surface area contributed by atoms with Crippen LogP contribution in [-0.2, 0) is 11.0 Å². The molecule has 35 heavy (non-hydrogen) atoms. The maximum Gasteiger partial charge on any atom is 0.416 e. The summed E-state index contributed by atoms with van der Waals surface area (Å²) in [5, 5.41) is 0. The van der Waals surface area contributed by atoms with Crippen LogP contribution in [0.2, 0.25) is 0 Å². The Bertz CT molecular complexity index is 1180. The number of halogens is 3. The first-order chi connectivity index (χ1) is 16.8. The van der Waals surface area contributed by atoms with E-state index in [4.69, 9.17) is 4.98 Å². The van der Waals surface area contributed by atoms with E-state index in [0.29, 0.717) is 32.5 Å². The van der Waals surface area contributed by atoms with Crippen molar-refractivity contribution in [2.75, 3.05) is 26.2 Å². The zero-order chi connectivity index (χ0) is 24.6. The number of rotatable bonds is 3. The molecule has 3 aromatic rings. The topological polar surface area (TPSA) is 69.3 Å². The van der Waals surface area contributed by atoms with Crippen LogP contribution >= 0.6 is 0 Å². The number of aromatic nitrogens is 2. The number of hydrogen-bond donors (Lipinski definition) is 1. The number of carbonyl (C=O) groups is 2. The van der Waals surface area contributed by atoms with E-state index in [1.165, 1.54) is 12.1 Å². The zero-order valence-corrected chi connectivity index (χ0v) is 19.2. The maximum atomic E-state index is 13.3. The number of piperidine rings is 2. The van der Waals surface area contributed by atoms with Crippen LogP contribution in [0.25, 0.3) is 11.0 Å². The Balaban J connectivity index is 1.17. The minimum atomic E-state index is -4.43. The van der Waals surface area contributed by atoms with E-state index in [-0.39, 0.29) is 29.2 Å². The summed E-state index contributed by atoms with van der Waals surface area (Å²) in [5.74, 6) is 0.753. The normalized spacial score (nSPS) is 19.8. The van der Waals surface area contributed by atoms with Crippen LogP contribution in [0.4, 0.5) is 13.2 Å². The van der Waals surface area contributed by atoms with Gasteiger partial charge in [-0.15, -0.1) is 0 Å². The van der Waals surface area contributed by atoms with Crippen molar-refractivity contribution < 1.29 is 22.8 Å². The molecule has 2 saturated heterocycles. The van der Waals surface area contributed by atoms with E-state index in [0.717, 1.165) is 48.4 Å². The molecular weight excluding hydrogens is 457 g/mol. The van der Waals surface area contributed by atoms with E-state index in [1.54, 1.807) is 4.90 Å². The number of fused-ring (bicyclic) bond motifs is 1. The van der Waals surface area contributed by atoms with Gasteiger partial charge in [0.25, 0.3) is 5.91 Å². The molecule has 2 aromatic carbocycles. The van der Waals surface area contributed by atoms with Crippen molar-refractivity contribution in [3.8, 4) is 0 Å². The molecule has 0 saturated carbocycles.